The first-order valence-corrected chi connectivity index (χ1v) is 7.70. The van der Waals surface area contributed by atoms with E-state index in [4.69, 9.17) is 4.42 Å². The van der Waals surface area contributed by atoms with E-state index in [-0.39, 0.29) is 18.0 Å². The number of furan rings is 1. The molecule has 23 heavy (non-hydrogen) atoms. The predicted molar refractivity (Wildman–Crippen MR) is 86.4 cm³/mol. The molecular formula is C16H20N4O3. The van der Waals surface area contributed by atoms with Crippen LogP contribution in [-0.2, 0) is 11.3 Å². The Hall–Kier alpha value is -2.57. The van der Waals surface area contributed by atoms with Gasteiger partial charge in [-0.1, -0.05) is 13.8 Å². The standard InChI is InChI=1S/C16H20N4O3/c1-10(2)4-6-17-15(21)9-19-16(22)13-8-14-12(5-7-23-14)20(13)11(3)18-19/h5,7-8,10H,4,6,9H2,1-3H3,(H,17,21). The van der Waals surface area contributed by atoms with Gasteiger partial charge in [0.2, 0.25) is 5.91 Å². The zero-order chi connectivity index (χ0) is 16.6. The molecule has 1 N–H and O–H groups in total. The van der Waals surface area contributed by atoms with Gasteiger partial charge in [0, 0.05) is 18.7 Å². The highest BCUT2D eigenvalue weighted by Crippen LogP contribution is 2.19. The Morgan fingerprint density at radius 2 is 2.17 bits per heavy atom. The Kier molecular flexibility index (Phi) is 3.94. The molecule has 3 rings (SSSR count). The summed E-state index contributed by atoms with van der Waals surface area (Å²) in [6.45, 7) is 6.51. The molecule has 3 heterocycles. The summed E-state index contributed by atoms with van der Waals surface area (Å²) in [4.78, 5) is 24.5. The van der Waals surface area contributed by atoms with E-state index in [0.29, 0.717) is 29.4 Å². The van der Waals surface area contributed by atoms with Crippen molar-refractivity contribution in [2.45, 2.75) is 33.7 Å². The van der Waals surface area contributed by atoms with Crippen LogP contribution in [0.4, 0.5) is 0 Å². The number of aromatic nitrogens is 3. The molecule has 0 atom stereocenters. The zero-order valence-electron chi connectivity index (χ0n) is 13.5. The van der Waals surface area contributed by atoms with Crippen molar-refractivity contribution < 1.29 is 9.21 Å². The zero-order valence-corrected chi connectivity index (χ0v) is 13.5. The fourth-order valence-electron chi connectivity index (χ4n) is 2.63. The molecule has 0 saturated heterocycles. The molecule has 0 bridgehead atoms. The molecule has 0 aliphatic rings. The van der Waals surface area contributed by atoms with Crippen LogP contribution in [0, 0.1) is 12.8 Å². The Morgan fingerprint density at radius 1 is 1.39 bits per heavy atom. The monoisotopic (exact) mass is 316 g/mol. The van der Waals surface area contributed by atoms with Gasteiger partial charge in [-0.25, -0.2) is 4.68 Å². The summed E-state index contributed by atoms with van der Waals surface area (Å²) in [6, 6.07) is 3.47. The van der Waals surface area contributed by atoms with Crippen LogP contribution in [0.2, 0.25) is 0 Å². The lowest BCUT2D eigenvalue weighted by molar-refractivity contribution is -0.121. The van der Waals surface area contributed by atoms with E-state index >= 15 is 0 Å². The quantitative estimate of drug-likeness (QED) is 0.777. The average Bonchev–Trinajstić information content (AvgIpc) is 3.04. The molecule has 0 radical (unpaired) electrons. The third-order valence-electron chi connectivity index (χ3n) is 3.80. The van der Waals surface area contributed by atoms with Gasteiger partial charge in [-0.2, -0.15) is 5.10 Å². The normalized spacial score (nSPS) is 11.7. The smallest absolute Gasteiger partial charge is 0.291 e. The fourth-order valence-corrected chi connectivity index (χ4v) is 2.63. The number of hydrogen-bond acceptors (Lipinski definition) is 4. The minimum atomic E-state index is -0.305. The summed E-state index contributed by atoms with van der Waals surface area (Å²) < 4.78 is 8.28. The second-order valence-electron chi connectivity index (χ2n) is 6.08. The highest BCUT2D eigenvalue weighted by atomic mass is 16.3. The van der Waals surface area contributed by atoms with Crippen LogP contribution in [0.25, 0.3) is 16.6 Å². The molecular weight excluding hydrogens is 296 g/mol. The molecule has 0 saturated carbocycles. The number of carbonyl (C=O) groups excluding carboxylic acids is 1. The van der Waals surface area contributed by atoms with Gasteiger partial charge in [0.05, 0.1) is 11.8 Å². The maximum Gasteiger partial charge on any atom is 0.291 e. The van der Waals surface area contributed by atoms with Gasteiger partial charge < -0.3 is 9.73 Å². The molecule has 3 aromatic heterocycles. The van der Waals surface area contributed by atoms with Gasteiger partial charge in [-0.3, -0.25) is 14.0 Å². The first-order valence-electron chi connectivity index (χ1n) is 7.70. The number of nitrogens with zero attached hydrogens (tertiary/aromatic N) is 3. The van der Waals surface area contributed by atoms with Gasteiger partial charge in [0.1, 0.15) is 17.9 Å². The molecule has 3 aromatic rings. The molecule has 0 aromatic carbocycles. The maximum atomic E-state index is 12.5. The highest BCUT2D eigenvalue weighted by Gasteiger charge is 2.15. The molecule has 0 unspecified atom stereocenters. The van der Waals surface area contributed by atoms with Crippen molar-refractivity contribution >= 4 is 22.5 Å². The Morgan fingerprint density at radius 3 is 2.91 bits per heavy atom. The first-order chi connectivity index (χ1) is 11.0. The summed E-state index contributed by atoms with van der Waals surface area (Å²) in [6.07, 6.45) is 2.48. The van der Waals surface area contributed by atoms with E-state index < -0.39 is 0 Å². The summed E-state index contributed by atoms with van der Waals surface area (Å²) in [5.74, 6) is 0.941. The van der Waals surface area contributed by atoms with Crippen molar-refractivity contribution in [1.29, 1.82) is 0 Å². The van der Waals surface area contributed by atoms with Crippen LogP contribution >= 0.6 is 0 Å². The number of aryl methyl sites for hydroxylation is 1. The average molecular weight is 316 g/mol. The fraction of sp³-hybridized carbons (Fsp3) is 0.438. The summed E-state index contributed by atoms with van der Waals surface area (Å²) in [5, 5.41) is 7.07. The van der Waals surface area contributed by atoms with E-state index in [1.165, 1.54) is 4.68 Å². The van der Waals surface area contributed by atoms with Crippen molar-refractivity contribution in [3.05, 3.63) is 34.6 Å². The van der Waals surface area contributed by atoms with Crippen LogP contribution in [0.3, 0.4) is 0 Å². The topological polar surface area (TPSA) is 81.5 Å². The number of rotatable bonds is 5. The van der Waals surface area contributed by atoms with Crippen molar-refractivity contribution in [3.8, 4) is 0 Å². The van der Waals surface area contributed by atoms with Crippen LogP contribution in [-0.4, -0.2) is 26.6 Å². The lowest BCUT2D eigenvalue weighted by Gasteiger charge is -2.10. The number of fused-ring (bicyclic) bond motifs is 3. The number of nitrogens with one attached hydrogen (secondary N) is 1. The number of carbonyl (C=O) groups is 1. The third-order valence-corrected chi connectivity index (χ3v) is 3.80. The lowest BCUT2D eigenvalue weighted by atomic mass is 10.1. The summed E-state index contributed by atoms with van der Waals surface area (Å²) in [5.41, 5.74) is 1.59. The Bertz CT molecular complexity index is 917. The van der Waals surface area contributed by atoms with Crippen LogP contribution in [0.15, 0.2) is 27.6 Å². The molecule has 1 amide bonds. The Balaban J connectivity index is 1.88. The van der Waals surface area contributed by atoms with Crippen LogP contribution in [0.1, 0.15) is 26.1 Å². The van der Waals surface area contributed by atoms with E-state index in [9.17, 15) is 9.59 Å². The summed E-state index contributed by atoms with van der Waals surface area (Å²) >= 11 is 0. The maximum absolute atomic E-state index is 12.5. The number of hydrogen-bond donors (Lipinski definition) is 1. The minimum absolute atomic E-state index is 0.0825. The van der Waals surface area contributed by atoms with E-state index in [2.05, 4.69) is 24.3 Å². The van der Waals surface area contributed by atoms with Gasteiger partial charge in [0.25, 0.3) is 5.56 Å². The first kappa shape index (κ1) is 15.3. The number of amides is 1. The second kappa shape index (κ2) is 5.91. The lowest BCUT2D eigenvalue weighted by Crippen LogP contribution is -2.35. The van der Waals surface area contributed by atoms with Gasteiger partial charge >= 0.3 is 0 Å². The van der Waals surface area contributed by atoms with Gasteiger partial charge in [0.15, 0.2) is 5.58 Å². The SMILES string of the molecule is Cc1nn(CC(=O)NCCC(C)C)c(=O)c2cc3occc3n12. The molecule has 0 aliphatic carbocycles. The van der Waals surface area contributed by atoms with E-state index in [1.807, 2.05) is 0 Å². The van der Waals surface area contributed by atoms with Crippen molar-refractivity contribution in [1.82, 2.24) is 19.5 Å². The van der Waals surface area contributed by atoms with Crippen molar-refractivity contribution in [2.24, 2.45) is 5.92 Å². The van der Waals surface area contributed by atoms with E-state index in [0.717, 1.165) is 11.9 Å². The predicted octanol–water partition coefficient (Wildman–Crippen LogP) is 1.71. The van der Waals surface area contributed by atoms with Gasteiger partial charge in [-0.15, -0.1) is 0 Å². The van der Waals surface area contributed by atoms with Crippen molar-refractivity contribution in [2.75, 3.05) is 6.54 Å². The van der Waals surface area contributed by atoms with Crippen LogP contribution < -0.4 is 10.9 Å². The van der Waals surface area contributed by atoms with Crippen LogP contribution in [0.5, 0.6) is 0 Å². The largest absolute Gasteiger partial charge is 0.463 e. The molecule has 7 nitrogen and oxygen atoms in total. The second-order valence-corrected chi connectivity index (χ2v) is 6.08. The summed E-state index contributed by atoms with van der Waals surface area (Å²) in [7, 11) is 0. The molecule has 7 heteroatoms. The molecule has 0 fully saturated rings. The molecule has 0 spiro atoms. The minimum Gasteiger partial charge on any atom is -0.463 e. The third kappa shape index (κ3) is 2.86. The molecule has 0 aliphatic heterocycles. The molecule has 122 valence electrons. The Labute approximate surface area is 132 Å². The van der Waals surface area contributed by atoms with E-state index in [1.54, 1.807) is 29.7 Å². The van der Waals surface area contributed by atoms with Gasteiger partial charge in [-0.05, 0) is 19.3 Å². The van der Waals surface area contributed by atoms with Crippen molar-refractivity contribution in [3.63, 3.8) is 0 Å². The highest BCUT2D eigenvalue weighted by molar-refractivity contribution is 5.82.